The Labute approximate surface area is 119 Å². The van der Waals surface area contributed by atoms with Crippen LogP contribution in [0, 0.1) is 11.8 Å². The number of piperidine rings is 1. The Morgan fingerprint density at radius 3 is 2.55 bits per heavy atom. The number of carbonyl (C=O) groups excluding carboxylic acids is 1. The van der Waals surface area contributed by atoms with Crippen molar-refractivity contribution in [3.05, 3.63) is 0 Å². The molecule has 2 rings (SSSR count). The molecule has 2 aliphatic rings. The van der Waals surface area contributed by atoms with Crippen molar-refractivity contribution in [3.8, 4) is 0 Å². The minimum Gasteiger partial charge on any atom is -0.481 e. The highest BCUT2D eigenvalue weighted by molar-refractivity contribution is 5.75. The second-order valence-electron chi connectivity index (χ2n) is 6.20. The van der Waals surface area contributed by atoms with Crippen molar-refractivity contribution < 1.29 is 14.7 Å². The van der Waals surface area contributed by atoms with Gasteiger partial charge in [-0.2, -0.15) is 0 Å². The van der Waals surface area contributed by atoms with Gasteiger partial charge >= 0.3 is 12.0 Å². The summed E-state index contributed by atoms with van der Waals surface area (Å²) in [5, 5.41) is 8.89. The Hall–Kier alpha value is -1.30. The molecule has 3 unspecified atom stereocenters. The molecule has 2 aliphatic heterocycles. The predicted octanol–water partition coefficient (Wildman–Crippen LogP) is 0.962. The summed E-state index contributed by atoms with van der Waals surface area (Å²) >= 11 is 0. The van der Waals surface area contributed by atoms with Crippen LogP contribution in [0.3, 0.4) is 0 Å². The number of hydrogen-bond donors (Lipinski definition) is 2. The molecule has 0 aromatic heterocycles. The summed E-state index contributed by atoms with van der Waals surface area (Å²) in [5.74, 6) is -0.351. The first-order chi connectivity index (χ1) is 9.47. The summed E-state index contributed by atoms with van der Waals surface area (Å²) < 4.78 is 0. The van der Waals surface area contributed by atoms with E-state index in [1.807, 2.05) is 16.7 Å². The fourth-order valence-corrected chi connectivity index (χ4v) is 3.25. The van der Waals surface area contributed by atoms with Crippen LogP contribution >= 0.6 is 0 Å². The molecule has 0 aromatic carbocycles. The van der Waals surface area contributed by atoms with Crippen LogP contribution in [-0.4, -0.2) is 59.1 Å². The molecule has 6 heteroatoms. The Kier molecular flexibility index (Phi) is 4.86. The molecule has 2 fully saturated rings. The van der Waals surface area contributed by atoms with Crippen LogP contribution < -0.4 is 5.73 Å². The van der Waals surface area contributed by atoms with Crippen molar-refractivity contribution in [1.29, 1.82) is 0 Å². The third kappa shape index (κ3) is 3.62. The van der Waals surface area contributed by atoms with Crippen LogP contribution in [-0.2, 0) is 4.79 Å². The average Bonchev–Trinajstić information content (AvgIpc) is 2.84. The van der Waals surface area contributed by atoms with Gasteiger partial charge in [-0.1, -0.05) is 6.92 Å². The minimum atomic E-state index is -0.758. The van der Waals surface area contributed by atoms with Gasteiger partial charge in [0.25, 0.3) is 0 Å². The lowest BCUT2D eigenvalue weighted by Crippen LogP contribution is -2.48. The summed E-state index contributed by atoms with van der Waals surface area (Å²) in [6, 6.07) is 0.177. The number of likely N-dealkylation sites (tertiary alicyclic amines) is 2. The van der Waals surface area contributed by atoms with Gasteiger partial charge < -0.3 is 20.6 Å². The summed E-state index contributed by atoms with van der Waals surface area (Å²) in [5.41, 5.74) is 5.85. The van der Waals surface area contributed by atoms with Crippen LogP contribution in [0.25, 0.3) is 0 Å². The number of aliphatic carboxylic acids is 1. The predicted molar refractivity (Wildman–Crippen MR) is 75.3 cm³/mol. The highest BCUT2D eigenvalue weighted by Gasteiger charge is 2.32. The minimum absolute atomic E-state index is 0.0742. The molecule has 0 radical (unpaired) electrons. The SMILES string of the molecule is CC(CC(=O)O)C1CCCN(C(=O)N2CCC(N)C2)C1. The Bertz CT molecular complexity index is 375. The highest BCUT2D eigenvalue weighted by Crippen LogP contribution is 2.27. The van der Waals surface area contributed by atoms with E-state index in [0.717, 1.165) is 32.4 Å². The van der Waals surface area contributed by atoms with Crippen molar-refractivity contribution in [2.24, 2.45) is 17.6 Å². The number of nitrogens with two attached hydrogens (primary N) is 1. The molecule has 2 saturated heterocycles. The fraction of sp³-hybridized carbons (Fsp3) is 0.857. The third-order valence-electron chi connectivity index (χ3n) is 4.52. The van der Waals surface area contributed by atoms with Crippen molar-refractivity contribution in [3.63, 3.8) is 0 Å². The average molecular weight is 283 g/mol. The smallest absolute Gasteiger partial charge is 0.320 e. The first kappa shape index (κ1) is 15.1. The topological polar surface area (TPSA) is 86.9 Å². The van der Waals surface area contributed by atoms with Gasteiger partial charge in [-0.15, -0.1) is 0 Å². The maximum Gasteiger partial charge on any atom is 0.320 e. The lowest BCUT2D eigenvalue weighted by atomic mass is 9.85. The molecule has 3 N–H and O–H groups in total. The van der Waals surface area contributed by atoms with Crippen LogP contribution in [0.15, 0.2) is 0 Å². The Balaban J connectivity index is 1.89. The molecule has 3 atom stereocenters. The summed E-state index contributed by atoms with van der Waals surface area (Å²) in [7, 11) is 0. The quantitative estimate of drug-likeness (QED) is 0.807. The summed E-state index contributed by atoms with van der Waals surface area (Å²) in [4.78, 5) is 26.9. The van der Waals surface area contributed by atoms with Gasteiger partial charge in [-0.05, 0) is 31.1 Å². The van der Waals surface area contributed by atoms with E-state index in [2.05, 4.69) is 0 Å². The number of hydrogen-bond acceptors (Lipinski definition) is 3. The van der Waals surface area contributed by atoms with Gasteiger partial charge in [0.1, 0.15) is 0 Å². The molecule has 0 spiro atoms. The van der Waals surface area contributed by atoms with E-state index in [0.29, 0.717) is 19.0 Å². The molecule has 2 amide bonds. The van der Waals surface area contributed by atoms with Crippen LogP contribution in [0.2, 0.25) is 0 Å². The molecule has 6 nitrogen and oxygen atoms in total. The van der Waals surface area contributed by atoms with E-state index in [1.54, 1.807) is 0 Å². The van der Waals surface area contributed by atoms with E-state index >= 15 is 0 Å². The van der Waals surface area contributed by atoms with Crippen LogP contribution in [0.4, 0.5) is 4.79 Å². The van der Waals surface area contributed by atoms with Crippen molar-refractivity contribution in [2.45, 2.75) is 38.6 Å². The number of carbonyl (C=O) groups is 2. The zero-order valence-electron chi connectivity index (χ0n) is 12.1. The largest absolute Gasteiger partial charge is 0.481 e. The summed E-state index contributed by atoms with van der Waals surface area (Å²) in [6.45, 7) is 4.81. The van der Waals surface area contributed by atoms with Crippen molar-refractivity contribution >= 4 is 12.0 Å². The Morgan fingerprint density at radius 1 is 1.25 bits per heavy atom. The second kappa shape index (κ2) is 6.43. The maximum atomic E-state index is 12.4. The van der Waals surface area contributed by atoms with Gasteiger partial charge in [0.2, 0.25) is 0 Å². The molecular formula is C14H25N3O3. The zero-order valence-corrected chi connectivity index (χ0v) is 12.1. The molecule has 20 heavy (non-hydrogen) atoms. The maximum absolute atomic E-state index is 12.4. The first-order valence-corrected chi connectivity index (χ1v) is 7.48. The highest BCUT2D eigenvalue weighted by atomic mass is 16.4. The van der Waals surface area contributed by atoms with E-state index in [-0.39, 0.29) is 24.4 Å². The molecule has 0 aromatic rings. The first-order valence-electron chi connectivity index (χ1n) is 7.48. The van der Waals surface area contributed by atoms with Crippen molar-refractivity contribution in [1.82, 2.24) is 9.80 Å². The molecule has 0 aliphatic carbocycles. The number of carboxylic acid groups (broad SMARTS) is 1. The van der Waals surface area contributed by atoms with Gasteiger partial charge in [-0.25, -0.2) is 4.79 Å². The molecule has 2 heterocycles. The van der Waals surface area contributed by atoms with Crippen LogP contribution in [0.5, 0.6) is 0 Å². The van der Waals surface area contributed by atoms with Gasteiger partial charge in [0.15, 0.2) is 0 Å². The lowest BCUT2D eigenvalue weighted by Gasteiger charge is -2.37. The standard InChI is InChI=1S/C14H25N3O3/c1-10(7-13(18)19)11-3-2-5-16(8-11)14(20)17-6-4-12(15)9-17/h10-12H,2-9,15H2,1H3,(H,18,19). The normalized spacial score (nSPS) is 28.5. The van der Waals surface area contributed by atoms with Gasteiger partial charge in [0.05, 0.1) is 0 Å². The number of urea groups is 1. The monoisotopic (exact) mass is 283 g/mol. The lowest BCUT2D eigenvalue weighted by molar-refractivity contribution is -0.138. The summed E-state index contributed by atoms with van der Waals surface area (Å²) in [6.07, 6.45) is 3.03. The van der Waals surface area contributed by atoms with Crippen molar-refractivity contribution in [2.75, 3.05) is 26.2 Å². The number of nitrogens with zero attached hydrogens (tertiary/aromatic N) is 2. The van der Waals surface area contributed by atoms with E-state index < -0.39 is 5.97 Å². The van der Waals surface area contributed by atoms with E-state index in [9.17, 15) is 9.59 Å². The van der Waals surface area contributed by atoms with E-state index in [4.69, 9.17) is 10.8 Å². The Morgan fingerprint density at radius 2 is 1.95 bits per heavy atom. The van der Waals surface area contributed by atoms with Gasteiger partial charge in [-0.3, -0.25) is 4.79 Å². The molecule has 0 saturated carbocycles. The number of rotatable bonds is 3. The fourth-order valence-electron chi connectivity index (χ4n) is 3.25. The number of amides is 2. The van der Waals surface area contributed by atoms with E-state index in [1.165, 1.54) is 0 Å². The molecular weight excluding hydrogens is 258 g/mol. The number of carboxylic acids is 1. The van der Waals surface area contributed by atoms with Gasteiger partial charge in [0, 0.05) is 38.6 Å². The second-order valence-corrected chi connectivity index (χ2v) is 6.20. The molecule has 114 valence electrons. The third-order valence-corrected chi connectivity index (χ3v) is 4.52. The zero-order chi connectivity index (χ0) is 14.7. The van der Waals surface area contributed by atoms with Crippen LogP contribution in [0.1, 0.15) is 32.6 Å². The molecule has 0 bridgehead atoms.